The van der Waals surface area contributed by atoms with Gasteiger partial charge in [0.1, 0.15) is 5.52 Å². The fraction of sp³-hybridized carbons (Fsp3) is 0.462. The van der Waals surface area contributed by atoms with Crippen molar-refractivity contribution in [3.63, 3.8) is 0 Å². The van der Waals surface area contributed by atoms with E-state index < -0.39 is 0 Å². The molecule has 1 aromatic carbocycles. The molecule has 90 valence electrons. The smallest absolute Gasteiger partial charge is 0.192 e. The van der Waals surface area contributed by atoms with Crippen molar-refractivity contribution in [2.75, 3.05) is 13.2 Å². The Labute approximate surface area is 99.8 Å². The molecule has 0 spiro atoms. The van der Waals surface area contributed by atoms with Crippen LogP contribution in [0.2, 0.25) is 0 Å². The highest BCUT2D eigenvalue weighted by Crippen LogP contribution is 2.36. The van der Waals surface area contributed by atoms with E-state index in [1.165, 1.54) is 5.56 Å². The highest BCUT2D eigenvalue weighted by Gasteiger charge is 2.43. The largest absolute Gasteiger partial charge is 0.441 e. The van der Waals surface area contributed by atoms with Gasteiger partial charge < -0.3 is 14.9 Å². The summed E-state index contributed by atoms with van der Waals surface area (Å²) in [7, 11) is 0. The lowest BCUT2D eigenvalue weighted by molar-refractivity contribution is -0.0701. The normalized spacial score (nSPS) is 20.2. The number of oxazole rings is 1. The van der Waals surface area contributed by atoms with Gasteiger partial charge in [-0.1, -0.05) is 6.07 Å². The van der Waals surface area contributed by atoms with Crippen molar-refractivity contribution < 1.29 is 9.15 Å². The van der Waals surface area contributed by atoms with E-state index in [0.717, 1.165) is 11.1 Å². The highest BCUT2D eigenvalue weighted by molar-refractivity contribution is 5.74. The van der Waals surface area contributed by atoms with Crippen LogP contribution in [-0.4, -0.2) is 24.2 Å². The molecule has 2 heterocycles. The van der Waals surface area contributed by atoms with Crippen LogP contribution < -0.4 is 5.73 Å². The number of hydrogen-bond donors (Lipinski definition) is 1. The second kappa shape index (κ2) is 3.55. The van der Waals surface area contributed by atoms with E-state index >= 15 is 0 Å². The van der Waals surface area contributed by atoms with E-state index in [2.05, 4.69) is 17.1 Å². The minimum atomic E-state index is -0.0545. The molecule has 1 fully saturated rings. The number of fused-ring (bicyclic) bond motifs is 1. The molecule has 2 aromatic rings. The summed E-state index contributed by atoms with van der Waals surface area (Å²) in [6, 6.07) is 6.17. The number of aromatic nitrogens is 1. The van der Waals surface area contributed by atoms with Crippen LogP contribution in [0.15, 0.2) is 22.6 Å². The first kappa shape index (κ1) is 10.7. The number of ether oxygens (including phenoxy) is 1. The molecule has 2 N–H and O–H groups in total. The van der Waals surface area contributed by atoms with E-state index in [1.54, 1.807) is 0 Å². The van der Waals surface area contributed by atoms with Crippen LogP contribution >= 0.6 is 0 Å². The van der Waals surface area contributed by atoms with Crippen molar-refractivity contribution in [3.8, 4) is 0 Å². The maximum Gasteiger partial charge on any atom is 0.192 e. The Hall–Kier alpha value is -1.39. The average Bonchev–Trinajstić information content (AvgIpc) is 2.54. The average molecular weight is 232 g/mol. The van der Waals surface area contributed by atoms with Crippen LogP contribution in [-0.2, 0) is 10.2 Å². The number of aryl methyl sites for hydroxylation is 1. The Kier molecular flexibility index (Phi) is 2.24. The molecule has 0 amide bonds. The second-order valence-electron chi connectivity index (χ2n) is 4.85. The summed E-state index contributed by atoms with van der Waals surface area (Å²) in [5.41, 5.74) is 8.95. The first-order chi connectivity index (χ1) is 8.12. The van der Waals surface area contributed by atoms with Gasteiger partial charge in [-0.3, -0.25) is 0 Å². The van der Waals surface area contributed by atoms with Crippen LogP contribution in [0.1, 0.15) is 18.4 Å². The molecule has 1 aliphatic rings. The third-order valence-corrected chi connectivity index (χ3v) is 3.66. The van der Waals surface area contributed by atoms with Gasteiger partial charge in [0.15, 0.2) is 11.5 Å². The van der Waals surface area contributed by atoms with Gasteiger partial charge in [0.05, 0.1) is 18.6 Å². The summed E-state index contributed by atoms with van der Waals surface area (Å²) >= 11 is 0. The van der Waals surface area contributed by atoms with E-state index in [9.17, 15) is 0 Å². The van der Waals surface area contributed by atoms with Gasteiger partial charge in [-0.25, -0.2) is 4.98 Å². The molecule has 17 heavy (non-hydrogen) atoms. The van der Waals surface area contributed by atoms with E-state index in [4.69, 9.17) is 14.9 Å². The molecule has 3 rings (SSSR count). The molecule has 4 heteroatoms. The van der Waals surface area contributed by atoms with Crippen molar-refractivity contribution in [2.45, 2.75) is 25.3 Å². The third kappa shape index (κ3) is 1.48. The summed E-state index contributed by atoms with van der Waals surface area (Å²) in [4.78, 5) is 4.36. The lowest BCUT2D eigenvalue weighted by Crippen LogP contribution is -2.57. The van der Waals surface area contributed by atoms with Crippen molar-refractivity contribution in [3.05, 3.63) is 29.7 Å². The Morgan fingerprint density at radius 2 is 2.18 bits per heavy atom. The number of hydrogen-bond acceptors (Lipinski definition) is 4. The van der Waals surface area contributed by atoms with Crippen LogP contribution in [0.5, 0.6) is 0 Å². The lowest BCUT2D eigenvalue weighted by atomic mass is 9.73. The van der Waals surface area contributed by atoms with Crippen molar-refractivity contribution in [2.24, 2.45) is 5.73 Å². The van der Waals surface area contributed by atoms with Crippen molar-refractivity contribution >= 4 is 11.1 Å². The predicted molar refractivity (Wildman–Crippen MR) is 64.9 cm³/mol. The number of rotatable bonds is 2. The maximum absolute atomic E-state index is 6.09. The molecule has 0 saturated carbocycles. The van der Waals surface area contributed by atoms with Gasteiger partial charge in [0.2, 0.25) is 0 Å². The molecule has 0 aliphatic carbocycles. The van der Waals surface area contributed by atoms with Gasteiger partial charge in [-0.2, -0.15) is 0 Å². The van der Waals surface area contributed by atoms with Gasteiger partial charge in [-0.15, -0.1) is 0 Å². The maximum atomic E-state index is 6.09. The quantitative estimate of drug-likeness (QED) is 0.857. The fourth-order valence-corrected chi connectivity index (χ4v) is 2.37. The Morgan fingerprint density at radius 1 is 1.41 bits per heavy atom. The van der Waals surface area contributed by atoms with E-state index in [-0.39, 0.29) is 11.5 Å². The lowest BCUT2D eigenvalue weighted by Gasteiger charge is -2.45. The summed E-state index contributed by atoms with van der Waals surface area (Å²) in [5, 5.41) is 0. The molecule has 0 bridgehead atoms. The minimum absolute atomic E-state index is 0.0545. The molecule has 1 atom stereocenters. The zero-order chi connectivity index (χ0) is 12.0. The molecule has 1 unspecified atom stereocenters. The SMILES string of the molecule is Cc1nc2cc(C3(C(C)N)COC3)ccc2o1. The third-order valence-electron chi connectivity index (χ3n) is 3.66. The van der Waals surface area contributed by atoms with E-state index in [1.807, 2.05) is 19.9 Å². The zero-order valence-electron chi connectivity index (χ0n) is 10.1. The Balaban J connectivity index is 2.10. The first-order valence-electron chi connectivity index (χ1n) is 5.83. The van der Waals surface area contributed by atoms with Crippen molar-refractivity contribution in [1.82, 2.24) is 4.98 Å². The number of nitrogens with two attached hydrogens (primary N) is 1. The number of benzene rings is 1. The van der Waals surface area contributed by atoms with Gasteiger partial charge in [0.25, 0.3) is 0 Å². The van der Waals surface area contributed by atoms with Crippen LogP contribution in [0.25, 0.3) is 11.1 Å². The standard InChI is InChI=1S/C13H16N2O2/c1-8(14)13(6-16-7-13)10-3-4-12-11(5-10)15-9(2)17-12/h3-5,8H,6-7,14H2,1-2H3. The monoisotopic (exact) mass is 232 g/mol. The van der Waals surface area contributed by atoms with Gasteiger partial charge in [0, 0.05) is 13.0 Å². The predicted octanol–water partition coefficient (Wildman–Crippen LogP) is 1.75. The molecular formula is C13H16N2O2. The summed E-state index contributed by atoms with van der Waals surface area (Å²) in [5.74, 6) is 0.692. The number of nitrogens with zero attached hydrogens (tertiary/aromatic N) is 1. The van der Waals surface area contributed by atoms with Gasteiger partial charge >= 0.3 is 0 Å². The van der Waals surface area contributed by atoms with Crippen LogP contribution in [0.4, 0.5) is 0 Å². The first-order valence-corrected chi connectivity index (χ1v) is 5.83. The fourth-order valence-electron chi connectivity index (χ4n) is 2.37. The van der Waals surface area contributed by atoms with Gasteiger partial charge in [-0.05, 0) is 24.6 Å². The Morgan fingerprint density at radius 3 is 2.76 bits per heavy atom. The molecule has 1 aliphatic heterocycles. The second-order valence-corrected chi connectivity index (χ2v) is 4.85. The van der Waals surface area contributed by atoms with E-state index in [0.29, 0.717) is 19.1 Å². The highest BCUT2D eigenvalue weighted by atomic mass is 16.5. The minimum Gasteiger partial charge on any atom is -0.441 e. The molecule has 0 radical (unpaired) electrons. The molecule has 1 saturated heterocycles. The van der Waals surface area contributed by atoms with Crippen molar-refractivity contribution in [1.29, 1.82) is 0 Å². The van der Waals surface area contributed by atoms with Crippen LogP contribution in [0, 0.1) is 6.92 Å². The molecule has 1 aromatic heterocycles. The Bertz CT molecular complexity index is 556. The molecule has 4 nitrogen and oxygen atoms in total. The van der Waals surface area contributed by atoms with Crippen LogP contribution in [0.3, 0.4) is 0 Å². The topological polar surface area (TPSA) is 61.3 Å². The summed E-state index contributed by atoms with van der Waals surface area (Å²) in [6.45, 7) is 5.26. The zero-order valence-corrected chi connectivity index (χ0v) is 10.1. The summed E-state index contributed by atoms with van der Waals surface area (Å²) < 4.78 is 10.8. The molecular weight excluding hydrogens is 216 g/mol. The summed E-state index contributed by atoms with van der Waals surface area (Å²) in [6.07, 6.45) is 0.